The monoisotopic (exact) mass is 196 g/mol. The molecule has 1 aliphatic heterocycles. The van der Waals surface area contributed by atoms with E-state index in [1.54, 1.807) is 0 Å². The van der Waals surface area contributed by atoms with E-state index in [9.17, 15) is 14.4 Å². The van der Waals surface area contributed by atoms with Crippen LogP contribution in [-0.2, 0) is 19.1 Å². The maximum atomic E-state index is 11.5. The maximum Gasteiger partial charge on any atom is 0.311 e. The number of carbonyl (C=O) groups excluding carboxylic acids is 2. The maximum absolute atomic E-state index is 11.5. The van der Waals surface area contributed by atoms with E-state index in [4.69, 9.17) is 9.84 Å². The van der Waals surface area contributed by atoms with Gasteiger partial charge < -0.3 is 9.84 Å². The molecular formula is C9H8O5. The van der Waals surface area contributed by atoms with Gasteiger partial charge in [0.1, 0.15) is 0 Å². The molecule has 74 valence electrons. The van der Waals surface area contributed by atoms with Gasteiger partial charge in [-0.2, -0.15) is 0 Å². The molecule has 5 unspecified atom stereocenters. The van der Waals surface area contributed by atoms with Crippen molar-refractivity contribution in [1.82, 2.24) is 0 Å². The highest BCUT2D eigenvalue weighted by atomic mass is 16.6. The Bertz CT molecular complexity index is 360. The molecule has 5 atom stereocenters. The largest absolute Gasteiger partial charge is 0.481 e. The normalized spacial score (nSPS) is 48.4. The first kappa shape index (κ1) is 7.96. The van der Waals surface area contributed by atoms with Crippen LogP contribution in [0.1, 0.15) is 6.42 Å². The topological polar surface area (TPSA) is 80.7 Å². The fourth-order valence-electron chi connectivity index (χ4n) is 3.13. The summed E-state index contributed by atoms with van der Waals surface area (Å²) in [7, 11) is 0. The van der Waals surface area contributed by atoms with Gasteiger partial charge in [-0.25, -0.2) is 0 Å². The molecule has 0 amide bonds. The van der Waals surface area contributed by atoms with Crippen LogP contribution in [0.15, 0.2) is 0 Å². The summed E-state index contributed by atoms with van der Waals surface area (Å²) in [6, 6.07) is 0. The van der Waals surface area contributed by atoms with Gasteiger partial charge in [0.2, 0.25) is 0 Å². The van der Waals surface area contributed by atoms with Gasteiger partial charge in [-0.1, -0.05) is 0 Å². The third-order valence-corrected chi connectivity index (χ3v) is 3.64. The fraction of sp³-hybridized carbons (Fsp3) is 0.667. The zero-order valence-electron chi connectivity index (χ0n) is 7.17. The Morgan fingerprint density at radius 1 is 1.43 bits per heavy atom. The zero-order chi connectivity index (χ0) is 10.0. The van der Waals surface area contributed by atoms with Crippen molar-refractivity contribution in [3.8, 4) is 0 Å². The second kappa shape index (κ2) is 2.16. The highest BCUT2D eigenvalue weighted by molar-refractivity contribution is 6.01. The number of esters is 1. The molecule has 0 spiro atoms. The Morgan fingerprint density at radius 3 is 2.79 bits per heavy atom. The van der Waals surface area contributed by atoms with E-state index in [1.165, 1.54) is 0 Å². The van der Waals surface area contributed by atoms with Crippen molar-refractivity contribution >= 4 is 17.7 Å². The van der Waals surface area contributed by atoms with Gasteiger partial charge >= 0.3 is 11.9 Å². The summed E-state index contributed by atoms with van der Waals surface area (Å²) in [6.07, 6.45) is -0.121. The molecule has 5 heteroatoms. The average Bonchev–Trinajstić information content (AvgIpc) is 2.67. The Morgan fingerprint density at radius 2 is 2.14 bits per heavy atom. The predicted molar refractivity (Wildman–Crippen MR) is 41.1 cm³/mol. The van der Waals surface area contributed by atoms with E-state index in [-0.39, 0.29) is 11.7 Å². The smallest absolute Gasteiger partial charge is 0.311 e. The van der Waals surface area contributed by atoms with Gasteiger partial charge in [-0.05, 0) is 6.42 Å². The highest BCUT2D eigenvalue weighted by Gasteiger charge is 2.68. The van der Waals surface area contributed by atoms with Crippen LogP contribution < -0.4 is 0 Å². The Kier molecular flexibility index (Phi) is 1.23. The molecule has 2 aliphatic carbocycles. The number of rotatable bonds is 1. The van der Waals surface area contributed by atoms with E-state index in [2.05, 4.69) is 0 Å². The van der Waals surface area contributed by atoms with Crippen LogP contribution in [0.5, 0.6) is 0 Å². The van der Waals surface area contributed by atoms with E-state index >= 15 is 0 Å². The third kappa shape index (κ3) is 0.657. The molecular weight excluding hydrogens is 188 g/mol. The lowest BCUT2D eigenvalue weighted by Crippen LogP contribution is -2.37. The number of hydrogen-bond donors (Lipinski definition) is 1. The highest BCUT2D eigenvalue weighted by Crippen LogP contribution is 2.55. The summed E-state index contributed by atoms with van der Waals surface area (Å²) >= 11 is 0. The molecule has 0 aromatic rings. The Hall–Kier alpha value is -1.39. The van der Waals surface area contributed by atoms with Gasteiger partial charge in [0.15, 0.2) is 11.9 Å². The lowest BCUT2D eigenvalue weighted by atomic mass is 9.79. The zero-order valence-corrected chi connectivity index (χ0v) is 7.17. The summed E-state index contributed by atoms with van der Waals surface area (Å²) in [5, 5.41) is 8.93. The Labute approximate surface area is 79.0 Å². The molecule has 1 heterocycles. The summed E-state index contributed by atoms with van der Waals surface area (Å²) < 4.78 is 4.88. The van der Waals surface area contributed by atoms with Crippen molar-refractivity contribution in [1.29, 1.82) is 0 Å². The van der Waals surface area contributed by atoms with Crippen molar-refractivity contribution in [2.75, 3.05) is 0 Å². The van der Waals surface area contributed by atoms with Crippen LogP contribution in [0.4, 0.5) is 0 Å². The van der Waals surface area contributed by atoms with Gasteiger partial charge in [-0.3, -0.25) is 14.4 Å². The van der Waals surface area contributed by atoms with Crippen LogP contribution in [-0.4, -0.2) is 28.9 Å². The van der Waals surface area contributed by atoms with Gasteiger partial charge in [-0.15, -0.1) is 0 Å². The second-order valence-corrected chi connectivity index (χ2v) is 4.16. The molecule has 3 fully saturated rings. The predicted octanol–water partition coefficient (Wildman–Crippen LogP) is -0.552. The molecule has 0 aromatic heterocycles. The van der Waals surface area contributed by atoms with Crippen LogP contribution in [0.25, 0.3) is 0 Å². The molecule has 2 saturated carbocycles. The van der Waals surface area contributed by atoms with Gasteiger partial charge in [0.05, 0.1) is 11.8 Å². The lowest BCUT2D eigenvalue weighted by Gasteiger charge is -2.19. The SMILES string of the molecule is O=C1C2CC3C1OC(=O)C3C2C(=O)O. The third-order valence-electron chi connectivity index (χ3n) is 3.64. The quantitative estimate of drug-likeness (QED) is 0.569. The number of carboxylic acids is 1. The number of carbonyl (C=O) groups is 3. The first-order chi connectivity index (χ1) is 6.61. The fourth-order valence-corrected chi connectivity index (χ4v) is 3.13. The van der Waals surface area contributed by atoms with Crippen molar-refractivity contribution in [3.05, 3.63) is 0 Å². The molecule has 1 saturated heterocycles. The minimum absolute atomic E-state index is 0.166. The summed E-state index contributed by atoms with van der Waals surface area (Å²) in [4.78, 5) is 33.8. The minimum atomic E-state index is -1.05. The molecule has 3 rings (SSSR count). The first-order valence-corrected chi connectivity index (χ1v) is 4.58. The standard InChI is InChI=1S/C9H8O5/c10-6-2-1-3-5(4(2)8(11)12)9(13)14-7(3)6/h2-5,7H,1H2,(H,11,12). The van der Waals surface area contributed by atoms with Crippen molar-refractivity contribution < 1.29 is 24.2 Å². The molecule has 0 radical (unpaired) electrons. The van der Waals surface area contributed by atoms with Crippen LogP contribution >= 0.6 is 0 Å². The Balaban J connectivity index is 2.08. The number of hydrogen-bond acceptors (Lipinski definition) is 4. The molecule has 0 aromatic carbocycles. The minimum Gasteiger partial charge on any atom is -0.481 e. The van der Waals surface area contributed by atoms with E-state index < -0.39 is 35.8 Å². The number of carboxylic acid groups (broad SMARTS) is 1. The van der Waals surface area contributed by atoms with Crippen molar-refractivity contribution in [3.63, 3.8) is 0 Å². The summed E-state index contributed by atoms with van der Waals surface area (Å²) in [5.74, 6) is -3.79. The van der Waals surface area contributed by atoms with Crippen molar-refractivity contribution in [2.45, 2.75) is 12.5 Å². The van der Waals surface area contributed by atoms with Crippen LogP contribution in [0, 0.1) is 23.7 Å². The van der Waals surface area contributed by atoms with E-state index in [0.717, 1.165) is 0 Å². The molecule has 5 nitrogen and oxygen atoms in total. The molecule has 3 aliphatic rings. The molecule has 14 heavy (non-hydrogen) atoms. The van der Waals surface area contributed by atoms with E-state index in [0.29, 0.717) is 6.42 Å². The van der Waals surface area contributed by atoms with Gasteiger partial charge in [0, 0.05) is 11.8 Å². The lowest BCUT2D eigenvalue weighted by molar-refractivity contribution is -0.151. The first-order valence-electron chi connectivity index (χ1n) is 4.58. The molecule has 2 bridgehead atoms. The number of fused-ring (bicyclic) bond motifs is 1. The van der Waals surface area contributed by atoms with Crippen molar-refractivity contribution in [2.24, 2.45) is 23.7 Å². The molecule has 1 N–H and O–H groups in total. The van der Waals surface area contributed by atoms with E-state index in [1.807, 2.05) is 0 Å². The number of ether oxygens (including phenoxy) is 1. The summed E-state index contributed by atoms with van der Waals surface area (Å²) in [6.45, 7) is 0. The number of Topliss-reactive ketones (excluding diaryl/α,β-unsaturated/α-hetero) is 1. The van der Waals surface area contributed by atoms with Crippen LogP contribution in [0.2, 0.25) is 0 Å². The number of aliphatic carboxylic acids is 1. The second-order valence-electron chi connectivity index (χ2n) is 4.16. The van der Waals surface area contributed by atoms with Crippen LogP contribution in [0.3, 0.4) is 0 Å². The average molecular weight is 196 g/mol. The summed E-state index contributed by atoms with van der Waals surface area (Å²) in [5.41, 5.74) is 0. The number of ketones is 1. The van der Waals surface area contributed by atoms with Gasteiger partial charge in [0.25, 0.3) is 0 Å².